The monoisotopic (exact) mass is 439 g/mol. The van der Waals surface area contributed by atoms with Crippen molar-refractivity contribution in [3.05, 3.63) is 59.0 Å². The maximum Gasteiger partial charge on any atom is 0.236 e. The third-order valence-electron chi connectivity index (χ3n) is 4.35. The second-order valence-electron chi connectivity index (χ2n) is 6.95. The third kappa shape index (κ3) is 6.18. The molecule has 0 saturated carbocycles. The van der Waals surface area contributed by atoms with E-state index in [1.807, 2.05) is 50.2 Å². The molecule has 0 radical (unpaired) electrons. The number of aryl methyl sites for hydroxylation is 2. The van der Waals surface area contributed by atoms with Crippen molar-refractivity contribution in [2.45, 2.75) is 38.5 Å². The van der Waals surface area contributed by atoms with Crippen molar-refractivity contribution in [2.75, 3.05) is 16.4 Å². The van der Waals surface area contributed by atoms with Gasteiger partial charge < -0.3 is 10.6 Å². The average molecular weight is 440 g/mol. The largest absolute Gasteiger partial charge is 0.326 e. The van der Waals surface area contributed by atoms with Crippen molar-refractivity contribution < 1.29 is 9.59 Å². The van der Waals surface area contributed by atoms with Crippen molar-refractivity contribution in [1.82, 2.24) is 4.98 Å². The molecule has 3 rings (SSSR count). The van der Waals surface area contributed by atoms with Gasteiger partial charge in [0.25, 0.3) is 0 Å². The summed E-state index contributed by atoms with van der Waals surface area (Å²) in [5.41, 5.74) is 3.93. The number of amides is 2. The predicted octanol–water partition coefficient (Wildman–Crippen LogP) is 5.90. The van der Waals surface area contributed by atoms with Gasteiger partial charge in [0.2, 0.25) is 11.8 Å². The Morgan fingerprint density at radius 3 is 2.33 bits per heavy atom. The van der Waals surface area contributed by atoms with E-state index < -0.39 is 0 Å². The van der Waals surface area contributed by atoms with Gasteiger partial charge >= 0.3 is 0 Å². The number of hydrogen-bond acceptors (Lipinski definition) is 5. The second kappa shape index (κ2) is 10.4. The Bertz CT molecular complexity index is 1010. The van der Waals surface area contributed by atoms with Crippen LogP contribution in [0.5, 0.6) is 0 Å². The van der Waals surface area contributed by atoms with E-state index >= 15 is 0 Å². The highest BCUT2D eigenvalue weighted by atomic mass is 32.2. The van der Waals surface area contributed by atoms with Crippen LogP contribution in [0.15, 0.2) is 53.4 Å². The van der Waals surface area contributed by atoms with Gasteiger partial charge in [0, 0.05) is 27.4 Å². The van der Waals surface area contributed by atoms with E-state index in [2.05, 4.69) is 34.7 Å². The van der Waals surface area contributed by atoms with E-state index in [1.165, 1.54) is 28.7 Å². The topological polar surface area (TPSA) is 71.1 Å². The molecule has 0 aliphatic heterocycles. The minimum absolute atomic E-state index is 0.0148. The third-order valence-corrected chi connectivity index (χ3v) is 6.25. The first-order valence-corrected chi connectivity index (χ1v) is 11.6. The molecule has 0 fully saturated rings. The van der Waals surface area contributed by atoms with Gasteiger partial charge in [-0.05, 0) is 44.5 Å². The van der Waals surface area contributed by atoms with Gasteiger partial charge in [-0.2, -0.15) is 0 Å². The lowest BCUT2D eigenvalue weighted by Gasteiger charge is -2.06. The molecule has 5 nitrogen and oxygen atoms in total. The van der Waals surface area contributed by atoms with Crippen LogP contribution in [0.3, 0.4) is 0 Å². The fourth-order valence-electron chi connectivity index (χ4n) is 2.82. The summed E-state index contributed by atoms with van der Waals surface area (Å²) in [4.78, 5) is 30.6. The molecule has 0 unspecified atom stereocenters. The number of nitrogens with one attached hydrogen (secondary N) is 2. The van der Waals surface area contributed by atoms with Crippen LogP contribution in [0.1, 0.15) is 30.2 Å². The molecule has 0 aliphatic carbocycles. The zero-order chi connectivity index (χ0) is 21.5. The highest BCUT2D eigenvalue weighted by molar-refractivity contribution is 8.00. The number of carbonyl (C=O) groups is 2. The molecular formula is C23H25N3O2S2. The minimum Gasteiger partial charge on any atom is -0.326 e. The Kier molecular flexibility index (Phi) is 7.65. The molecule has 7 heteroatoms. The summed E-state index contributed by atoms with van der Waals surface area (Å²) in [6.45, 7) is 6.04. The molecule has 2 amide bonds. The van der Waals surface area contributed by atoms with Crippen molar-refractivity contribution in [3.8, 4) is 11.3 Å². The number of carbonyl (C=O) groups excluding carboxylic acids is 2. The molecule has 2 N–H and O–H groups in total. The lowest BCUT2D eigenvalue weighted by molar-refractivity contribution is -0.116. The van der Waals surface area contributed by atoms with E-state index in [9.17, 15) is 9.59 Å². The number of benzene rings is 2. The molecule has 0 bridgehead atoms. The van der Waals surface area contributed by atoms with Gasteiger partial charge in [-0.1, -0.05) is 36.8 Å². The van der Waals surface area contributed by atoms with Crippen LogP contribution >= 0.6 is 23.1 Å². The summed E-state index contributed by atoms with van der Waals surface area (Å²) < 4.78 is 0. The van der Waals surface area contributed by atoms with Gasteiger partial charge in [-0.15, -0.1) is 23.1 Å². The molecule has 0 spiro atoms. The van der Waals surface area contributed by atoms with Crippen LogP contribution in [-0.4, -0.2) is 22.6 Å². The first kappa shape index (κ1) is 22.1. The van der Waals surface area contributed by atoms with Crippen LogP contribution in [0.25, 0.3) is 11.3 Å². The highest BCUT2D eigenvalue weighted by Crippen LogP contribution is 2.30. The Labute approximate surface area is 185 Å². The molecule has 3 aromatic rings. The normalized spacial score (nSPS) is 10.6. The molecule has 30 heavy (non-hydrogen) atoms. The van der Waals surface area contributed by atoms with Crippen LogP contribution < -0.4 is 10.6 Å². The van der Waals surface area contributed by atoms with Crippen LogP contribution in [0, 0.1) is 13.8 Å². The predicted molar refractivity (Wildman–Crippen MR) is 126 cm³/mol. The molecule has 0 aliphatic rings. The first-order valence-electron chi connectivity index (χ1n) is 9.81. The lowest BCUT2D eigenvalue weighted by Crippen LogP contribution is -2.13. The van der Waals surface area contributed by atoms with Crippen molar-refractivity contribution in [2.24, 2.45) is 0 Å². The van der Waals surface area contributed by atoms with E-state index in [0.717, 1.165) is 33.1 Å². The van der Waals surface area contributed by atoms with Gasteiger partial charge in [0.05, 0.1) is 11.4 Å². The summed E-state index contributed by atoms with van der Waals surface area (Å²) >= 11 is 2.93. The van der Waals surface area contributed by atoms with Crippen LogP contribution in [0.2, 0.25) is 0 Å². The highest BCUT2D eigenvalue weighted by Gasteiger charge is 2.12. The number of hydrogen-bond donors (Lipinski definition) is 2. The van der Waals surface area contributed by atoms with E-state index in [-0.39, 0.29) is 11.8 Å². The van der Waals surface area contributed by atoms with Crippen molar-refractivity contribution >= 4 is 45.7 Å². The van der Waals surface area contributed by atoms with Crippen LogP contribution in [0.4, 0.5) is 10.8 Å². The van der Waals surface area contributed by atoms with Gasteiger partial charge in [0.15, 0.2) is 5.13 Å². The Balaban J connectivity index is 1.53. The molecule has 2 aromatic carbocycles. The van der Waals surface area contributed by atoms with E-state index in [4.69, 9.17) is 0 Å². The van der Waals surface area contributed by atoms with E-state index in [1.54, 1.807) is 0 Å². The summed E-state index contributed by atoms with van der Waals surface area (Å²) in [5.74, 6) is 0.214. The van der Waals surface area contributed by atoms with Crippen molar-refractivity contribution in [1.29, 1.82) is 0 Å². The maximum absolute atomic E-state index is 12.3. The lowest BCUT2D eigenvalue weighted by atomic mass is 10.1. The zero-order valence-corrected chi connectivity index (χ0v) is 19.0. The molecule has 0 atom stereocenters. The molecule has 156 valence electrons. The summed E-state index contributed by atoms with van der Waals surface area (Å²) in [6, 6.07) is 15.7. The summed E-state index contributed by atoms with van der Waals surface area (Å²) in [7, 11) is 0. The molecule has 0 saturated heterocycles. The quantitative estimate of drug-likeness (QED) is 0.429. The fraction of sp³-hybridized carbons (Fsp3) is 0.261. The Hall–Kier alpha value is -2.64. The number of anilines is 2. The number of aromatic nitrogens is 1. The van der Waals surface area contributed by atoms with Gasteiger partial charge in [-0.3, -0.25) is 9.59 Å². The van der Waals surface area contributed by atoms with Crippen molar-refractivity contribution in [3.63, 3.8) is 0 Å². The Morgan fingerprint density at radius 2 is 1.67 bits per heavy atom. The smallest absolute Gasteiger partial charge is 0.236 e. The number of thioether (sulfide) groups is 1. The molecule has 1 heterocycles. The number of thiazole rings is 1. The number of rotatable bonds is 8. The fourth-order valence-corrected chi connectivity index (χ4v) is 4.37. The maximum atomic E-state index is 12.3. The van der Waals surface area contributed by atoms with Gasteiger partial charge in [0.1, 0.15) is 0 Å². The second-order valence-corrected chi connectivity index (χ2v) is 9.20. The summed E-state index contributed by atoms with van der Waals surface area (Å²) in [6.07, 6.45) is 1.33. The summed E-state index contributed by atoms with van der Waals surface area (Å²) in [5, 5.41) is 6.37. The standard InChI is InChI=1S/C23H25N3O2S2/c1-4-5-20(27)24-18-10-12-19(13-11-18)29-14-21(28)25-23-26-22(16(3)30-23)17-8-6-15(2)7-9-17/h6-13H,4-5,14H2,1-3H3,(H,24,27)(H,25,26,28). The number of nitrogens with zero attached hydrogens (tertiary/aromatic N) is 1. The minimum atomic E-state index is -0.0930. The average Bonchev–Trinajstić information content (AvgIpc) is 3.08. The van der Waals surface area contributed by atoms with Crippen LogP contribution in [-0.2, 0) is 9.59 Å². The Morgan fingerprint density at radius 1 is 0.967 bits per heavy atom. The first-order chi connectivity index (χ1) is 14.4. The zero-order valence-electron chi connectivity index (χ0n) is 17.3. The molecular weight excluding hydrogens is 414 g/mol. The van der Waals surface area contributed by atoms with E-state index in [0.29, 0.717) is 17.3 Å². The molecule has 1 aromatic heterocycles. The van der Waals surface area contributed by atoms with Gasteiger partial charge in [-0.25, -0.2) is 4.98 Å². The SMILES string of the molecule is CCCC(=O)Nc1ccc(SCC(=O)Nc2nc(-c3ccc(C)cc3)c(C)s2)cc1.